The molecule has 0 aliphatic carbocycles. The maximum absolute atomic E-state index is 6.74. The highest BCUT2D eigenvalue weighted by Gasteiger charge is 2.21. The van der Waals surface area contributed by atoms with Crippen LogP contribution in [0.1, 0.15) is 0 Å². The fraction of sp³-hybridized carbons (Fsp3) is 0. The highest BCUT2D eigenvalue weighted by atomic mass is 16.3. The molecule has 0 saturated carbocycles. The van der Waals surface area contributed by atoms with Gasteiger partial charge in [-0.1, -0.05) is 152 Å². The third kappa shape index (κ3) is 5.37. The zero-order valence-corrected chi connectivity index (χ0v) is 30.2. The number of para-hydroxylation sites is 1. The summed E-state index contributed by atoms with van der Waals surface area (Å²) in [5, 5.41) is 4.39. The van der Waals surface area contributed by atoms with Crippen LogP contribution in [0.5, 0.6) is 0 Å². The minimum atomic E-state index is 0.547. The van der Waals surface area contributed by atoms with Crippen LogP contribution in [0.2, 0.25) is 0 Å². The van der Waals surface area contributed by atoms with E-state index < -0.39 is 0 Å². The summed E-state index contributed by atoms with van der Waals surface area (Å²) in [6, 6.07) is 67.4. The summed E-state index contributed by atoms with van der Waals surface area (Å²) in [5.41, 5.74) is 12.1. The van der Waals surface area contributed by atoms with Crippen LogP contribution in [0, 0.1) is 0 Å². The topological polar surface area (TPSA) is 56.7 Å². The van der Waals surface area contributed by atoms with Crippen molar-refractivity contribution in [2.45, 2.75) is 0 Å². The molecule has 0 aliphatic rings. The molecule has 11 rings (SSSR count). The van der Waals surface area contributed by atoms with Gasteiger partial charge >= 0.3 is 0 Å². The van der Waals surface area contributed by atoms with E-state index in [1.165, 1.54) is 5.56 Å². The molecule has 0 bridgehead atoms. The first-order valence-electron chi connectivity index (χ1n) is 18.8. The molecule has 262 valence electrons. The second-order valence-corrected chi connectivity index (χ2v) is 14.0. The highest BCUT2D eigenvalue weighted by molar-refractivity contribution is 6.14. The molecule has 3 heterocycles. The standard InChI is InChI=1S/C51H32N4O/c1-5-15-33(16-6-1)37-26-28-45-43(29-37)40-23-13-14-24-44(40)55(45)51-53-49(36-21-11-4-12-22-36)52-50(54-51)39-30-42(35-19-9-3-10-20-35)48-41-27-25-38(34-17-7-2-8-18-34)31-46(41)56-47(48)32-39/h1-32H. The SMILES string of the molecule is c1ccc(-c2ccc3c(c2)oc2cc(-c4nc(-c5ccccc5)nc(-n5c6ccccc6c6cc(-c7ccccc7)ccc65)n4)cc(-c4ccccc4)c23)cc1. The van der Waals surface area contributed by atoms with Crippen molar-refractivity contribution in [3.05, 3.63) is 194 Å². The number of benzene rings is 8. The Balaban J connectivity index is 1.16. The van der Waals surface area contributed by atoms with Crippen LogP contribution >= 0.6 is 0 Å². The summed E-state index contributed by atoms with van der Waals surface area (Å²) in [7, 11) is 0. The molecule has 0 unspecified atom stereocenters. The molecule has 3 aromatic heterocycles. The third-order valence-corrected chi connectivity index (χ3v) is 10.7. The molecule has 56 heavy (non-hydrogen) atoms. The van der Waals surface area contributed by atoms with Crippen molar-refractivity contribution >= 4 is 43.7 Å². The van der Waals surface area contributed by atoms with E-state index in [1.54, 1.807) is 0 Å². The van der Waals surface area contributed by atoms with Crippen molar-refractivity contribution in [2.75, 3.05) is 0 Å². The number of aromatic nitrogens is 4. The lowest BCUT2D eigenvalue weighted by Gasteiger charge is -2.12. The van der Waals surface area contributed by atoms with Gasteiger partial charge in [0.15, 0.2) is 11.6 Å². The van der Waals surface area contributed by atoms with E-state index in [1.807, 2.05) is 48.5 Å². The Morgan fingerprint density at radius 1 is 0.339 bits per heavy atom. The Hall–Kier alpha value is -7.63. The predicted molar refractivity (Wildman–Crippen MR) is 229 cm³/mol. The van der Waals surface area contributed by atoms with E-state index in [9.17, 15) is 0 Å². The van der Waals surface area contributed by atoms with Crippen molar-refractivity contribution in [3.8, 4) is 62.1 Å². The summed E-state index contributed by atoms with van der Waals surface area (Å²) in [5.74, 6) is 1.70. The molecule has 0 spiro atoms. The molecule has 0 amide bonds. The summed E-state index contributed by atoms with van der Waals surface area (Å²) in [6.07, 6.45) is 0. The van der Waals surface area contributed by atoms with E-state index in [0.29, 0.717) is 17.6 Å². The van der Waals surface area contributed by atoms with Crippen molar-refractivity contribution in [1.29, 1.82) is 0 Å². The fourth-order valence-electron chi connectivity index (χ4n) is 8.00. The Labute approximate surface area is 322 Å². The van der Waals surface area contributed by atoms with E-state index in [0.717, 1.165) is 82.7 Å². The molecule has 0 saturated heterocycles. The van der Waals surface area contributed by atoms with Crippen molar-refractivity contribution in [2.24, 2.45) is 0 Å². The Bertz CT molecular complexity index is 3230. The number of nitrogens with zero attached hydrogens (tertiary/aromatic N) is 4. The van der Waals surface area contributed by atoms with Gasteiger partial charge < -0.3 is 4.42 Å². The van der Waals surface area contributed by atoms with Crippen LogP contribution in [0.3, 0.4) is 0 Å². The van der Waals surface area contributed by atoms with Gasteiger partial charge in [0.2, 0.25) is 5.95 Å². The Morgan fingerprint density at radius 3 is 1.57 bits per heavy atom. The zero-order chi connectivity index (χ0) is 37.0. The van der Waals surface area contributed by atoms with Gasteiger partial charge in [-0.3, -0.25) is 4.57 Å². The van der Waals surface area contributed by atoms with Gasteiger partial charge in [-0.2, -0.15) is 9.97 Å². The molecule has 0 radical (unpaired) electrons. The van der Waals surface area contributed by atoms with E-state index in [4.69, 9.17) is 19.4 Å². The number of hydrogen-bond acceptors (Lipinski definition) is 4. The number of rotatable bonds is 6. The molecule has 0 fully saturated rings. The molecule has 5 nitrogen and oxygen atoms in total. The fourth-order valence-corrected chi connectivity index (χ4v) is 8.00. The number of hydrogen-bond donors (Lipinski definition) is 0. The van der Waals surface area contributed by atoms with Gasteiger partial charge in [0.25, 0.3) is 0 Å². The first-order valence-corrected chi connectivity index (χ1v) is 18.8. The normalized spacial score (nSPS) is 11.6. The van der Waals surface area contributed by atoms with Gasteiger partial charge in [-0.15, -0.1) is 0 Å². The summed E-state index contributed by atoms with van der Waals surface area (Å²) in [4.78, 5) is 15.7. The van der Waals surface area contributed by atoms with Crippen LogP contribution in [0.25, 0.3) is 106 Å². The van der Waals surface area contributed by atoms with Crippen LogP contribution in [-0.4, -0.2) is 19.5 Å². The lowest BCUT2D eigenvalue weighted by atomic mass is 9.96. The van der Waals surface area contributed by atoms with Gasteiger partial charge in [-0.05, 0) is 75.8 Å². The van der Waals surface area contributed by atoms with Crippen molar-refractivity contribution in [3.63, 3.8) is 0 Å². The van der Waals surface area contributed by atoms with Gasteiger partial charge in [0.1, 0.15) is 11.2 Å². The lowest BCUT2D eigenvalue weighted by Crippen LogP contribution is -2.06. The molecule has 8 aromatic carbocycles. The second kappa shape index (κ2) is 13.0. The molecule has 0 N–H and O–H groups in total. The maximum atomic E-state index is 6.74. The average Bonchev–Trinajstić information content (AvgIpc) is 3.82. The molecule has 11 aromatic rings. The first-order chi connectivity index (χ1) is 27.7. The van der Waals surface area contributed by atoms with Gasteiger partial charge in [0, 0.05) is 32.7 Å². The Kier molecular flexibility index (Phi) is 7.42. The summed E-state index contributed by atoms with van der Waals surface area (Å²) in [6.45, 7) is 0. The molecule has 5 heteroatoms. The van der Waals surface area contributed by atoms with Crippen LogP contribution in [-0.2, 0) is 0 Å². The zero-order valence-electron chi connectivity index (χ0n) is 30.2. The largest absolute Gasteiger partial charge is 0.456 e. The summed E-state index contributed by atoms with van der Waals surface area (Å²) < 4.78 is 8.91. The van der Waals surface area contributed by atoms with Gasteiger partial charge in [-0.25, -0.2) is 4.98 Å². The minimum Gasteiger partial charge on any atom is -0.456 e. The molecular weight excluding hydrogens is 685 g/mol. The summed E-state index contributed by atoms with van der Waals surface area (Å²) >= 11 is 0. The van der Waals surface area contributed by atoms with Crippen molar-refractivity contribution in [1.82, 2.24) is 19.5 Å². The Morgan fingerprint density at radius 2 is 0.875 bits per heavy atom. The monoisotopic (exact) mass is 716 g/mol. The van der Waals surface area contributed by atoms with Crippen LogP contribution < -0.4 is 0 Å². The minimum absolute atomic E-state index is 0.547. The van der Waals surface area contributed by atoms with Gasteiger partial charge in [0.05, 0.1) is 11.0 Å². The smallest absolute Gasteiger partial charge is 0.238 e. The highest BCUT2D eigenvalue weighted by Crippen LogP contribution is 2.41. The quantitative estimate of drug-likeness (QED) is 0.172. The number of fused-ring (bicyclic) bond motifs is 6. The molecule has 0 aliphatic heterocycles. The van der Waals surface area contributed by atoms with E-state index in [2.05, 4.69) is 150 Å². The second-order valence-electron chi connectivity index (χ2n) is 14.0. The van der Waals surface area contributed by atoms with E-state index in [-0.39, 0.29) is 0 Å². The third-order valence-electron chi connectivity index (χ3n) is 10.7. The molecular formula is C51H32N4O. The molecule has 0 atom stereocenters. The predicted octanol–water partition coefficient (Wildman–Crippen LogP) is 13.2. The maximum Gasteiger partial charge on any atom is 0.238 e. The van der Waals surface area contributed by atoms with Crippen molar-refractivity contribution < 1.29 is 4.42 Å². The first kappa shape index (κ1) is 31.9. The lowest BCUT2D eigenvalue weighted by molar-refractivity contribution is 0.669. The van der Waals surface area contributed by atoms with Crippen LogP contribution in [0.15, 0.2) is 199 Å². The number of furan rings is 1. The van der Waals surface area contributed by atoms with Crippen LogP contribution in [0.4, 0.5) is 0 Å². The van der Waals surface area contributed by atoms with E-state index >= 15 is 0 Å². The average molecular weight is 717 g/mol.